The largest absolute Gasteiger partial charge is 0.303 e. The van der Waals surface area contributed by atoms with Crippen LogP contribution in [0.15, 0.2) is 72.0 Å². The highest BCUT2D eigenvalue weighted by molar-refractivity contribution is 6.93. The second kappa shape index (κ2) is 9.78. The first-order chi connectivity index (χ1) is 15.7. The topological polar surface area (TPSA) is 28.5 Å². The monoisotopic (exact) mass is 461 g/mol. The normalized spacial score (nSPS) is 21.7. The summed E-state index contributed by atoms with van der Waals surface area (Å²) >= 11 is 12.5. The highest BCUT2D eigenvalue weighted by Crippen LogP contribution is 2.36. The lowest BCUT2D eigenvalue weighted by Crippen LogP contribution is -2.39. The van der Waals surface area contributed by atoms with Crippen molar-refractivity contribution in [2.24, 2.45) is 16.8 Å². The molecule has 0 radical (unpaired) electrons. The molecule has 2 aliphatic heterocycles. The first-order valence-electron chi connectivity index (χ1n) is 11.4. The van der Waals surface area contributed by atoms with Gasteiger partial charge < -0.3 is 4.90 Å². The molecule has 1 aromatic carbocycles. The SMILES string of the molecule is Clc1ccc(C2=C(c3ccncc3)N=C(C3CCN(CC4C=CC=CC4)CC3)B2)cc1Cl. The smallest absolute Gasteiger partial charge is 0.214 e. The van der Waals surface area contributed by atoms with E-state index in [2.05, 4.69) is 40.3 Å². The fourth-order valence-electron chi connectivity index (χ4n) is 4.97. The van der Waals surface area contributed by atoms with E-state index in [1.807, 2.05) is 36.7 Å². The third kappa shape index (κ3) is 4.78. The van der Waals surface area contributed by atoms with Gasteiger partial charge in [-0.2, -0.15) is 0 Å². The fourth-order valence-corrected chi connectivity index (χ4v) is 5.27. The third-order valence-electron chi connectivity index (χ3n) is 6.74. The van der Waals surface area contributed by atoms with Gasteiger partial charge in [0.25, 0.3) is 0 Å². The van der Waals surface area contributed by atoms with Crippen LogP contribution in [0.4, 0.5) is 0 Å². The maximum absolute atomic E-state index is 6.35. The lowest BCUT2D eigenvalue weighted by Gasteiger charge is -2.34. The molecule has 3 heterocycles. The quantitative estimate of drug-likeness (QED) is 0.518. The summed E-state index contributed by atoms with van der Waals surface area (Å²) < 4.78 is 0. The van der Waals surface area contributed by atoms with Crippen LogP contribution >= 0.6 is 23.2 Å². The number of aliphatic imine (C=N–C) groups is 1. The van der Waals surface area contributed by atoms with Crippen LogP contribution in [-0.2, 0) is 0 Å². The zero-order valence-corrected chi connectivity index (χ0v) is 19.6. The van der Waals surface area contributed by atoms with Crippen molar-refractivity contribution in [1.82, 2.24) is 9.88 Å². The average Bonchev–Trinajstić information content (AvgIpc) is 3.28. The van der Waals surface area contributed by atoms with Gasteiger partial charge >= 0.3 is 0 Å². The number of aromatic nitrogens is 1. The summed E-state index contributed by atoms with van der Waals surface area (Å²) in [5.41, 5.74) is 5.77. The number of hydrogen-bond donors (Lipinski definition) is 0. The summed E-state index contributed by atoms with van der Waals surface area (Å²) in [7, 11) is 0.871. The Morgan fingerprint density at radius 2 is 1.78 bits per heavy atom. The minimum absolute atomic E-state index is 0.533. The lowest BCUT2D eigenvalue weighted by molar-refractivity contribution is 0.192. The first kappa shape index (κ1) is 21.7. The number of likely N-dealkylation sites (tertiary alicyclic amines) is 1. The first-order valence-corrected chi connectivity index (χ1v) is 12.1. The zero-order chi connectivity index (χ0) is 21.9. The average molecular weight is 462 g/mol. The summed E-state index contributed by atoms with van der Waals surface area (Å²) in [6, 6.07) is 9.97. The number of pyridine rings is 1. The second-order valence-electron chi connectivity index (χ2n) is 8.86. The molecule has 32 heavy (non-hydrogen) atoms. The molecule has 1 aliphatic carbocycles. The van der Waals surface area contributed by atoms with Crippen LogP contribution in [0.25, 0.3) is 11.2 Å². The number of hydrogen-bond acceptors (Lipinski definition) is 3. The molecule has 3 nitrogen and oxygen atoms in total. The molecule has 0 N–H and O–H groups in total. The third-order valence-corrected chi connectivity index (χ3v) is 7.48. The Hall–Kier alpha value is -2.14. The Morgan fingerprint density at radius 1 is 0.969 bits per heavy atom. The number of allylic oxidation sites excluding steroid dienone is 3. The highest BCUT2D eigenvalue weighted by atomic mass is 35.5. The standard InChI is InChI=1S/C26H26BCl2N3/c28-22-7-6-21(16-23(22)29)24-25(19-8-12-30-13-9-19)31-26(27-24)20-10-14-32(15-11-20)17-18-4-2-1-3-5-18/h1-4,6-9,12-13,16,18,20,27H,5,10-11,14-15,17H2. The molecule has 0 amide bonds. The van der Waals surface area contributed by atoms with Crippen LogP contribution in [0.1, 0.15) is 30.4 Å². The maximum atomic E-state index is 6.35. The Morgan fingerprint density at radius 3 is 2.50 bits per heavy atom. The molecule has 3 aliphatic rings. The van der Waals surface area contributed by atoms with E-state index in [9.17, 15) is 0 Å². The summed E-state index contributed by atoms with van der Waals surface area (Å²) in [4.78, 5) is 12.0. The molecule has 1 fully saturated rings. The molecule has 162 valence electrons. The van der Waals surface area contributed by atoms with Crippen LogP contribution in [-0.4, -0.2) is 42.4 Å². The summed E-state index contributed by atoms with van der Waals surface area (Å²) in [5.74, 6) is 1.19. The van der Waals surface area contributed by atoms with Gasteiger partial charge in [0.2, 0.25) is 7.28 Å². The van der Waals surface area contributed by atoms with E-state index in [0.717, 1.165) is 50.2 Å². The predicted octanol–water partition coefficient (Wildman–Crippen LogP) is 5.91. The molecule has 6 heteroatoms. The molecule has 1 atom stereocenters. The molecule has 1 saturated heterocycles. The Bertz CT molecular complexity index is 1100. The van der Waals surface area contributed by atoms with Crippen molar-refractivity contribution >= 4 is 47.3 Å². The summed E-state index contributed by atoms with van der Waals surface area (Å²) in [6.45, 7) is 3.45. The van der Waals surface area contributed by atoms with Crippen LogP contribution < -0.4 is 0 Å². The van der Waals surface area contributed by atoms with E-state index in [1.54, 1.807) is 0 Å². The highest BCUT2D eigenvalue weighted by Gasteiger charge is 2.30. The number of nitrogens with zero attached hydrogens (tertiary/aromatic N) is 3. The van der Waals surface area contributed by atoms with E-state index in [1.165, 1.54) is 23.9 Å². The molecule has 0 bridgehead atoms. The maximum Gasteiger partial charge on any atom is 0.214 e. The van der Waals surface area contributed by atoms with Gasteiger partial charge in [-0.1, -0.05) is 53.6 Å². The zero-order valence-electron chi connectivity index (χ0n) is 18.1. The fraction of sp³-hybridized carbons (Fsp3) is 0.308. The molecule has 5 rings (SSSR count). The Balaban J connectivity index is 1.32. The Kier molecular flexibility index (Phi) is 6.63. The number of benzene rings is 1. The minimum Gasteiger partial charge on any atom is -0.303 e. The van der Waals surface area contributed by atoms with Crippen LogP contribution in [0.2, 0.25) is 10.0 Å². The van der Waals surface area contributed by atoms with E-state index >= 15 is 0 Å². The van der Waals surface area contributed by atoms with Crippen molar-refractivity contribution in [1.29, 1.82) is 0 Å². The van der Waals surface area contributed by atoms with Gasteiger partial charge in [0.05, 0.1) is 15.7 Å². The second-order valence-corrected chi connectivity index (χ2v) is 9.67. The molecule has 1 unspecified atom stereocenters. The van der Waals surface area contributed by atoms with Crippen molar-refractivity contribution in [2.45, 2.75) is 19.3 Å². The molecular weight excluding hydrogens is 436 g/mol. The van der Waals surface area contributed by atoms with Crippen molar-refractivity contribution in [2.75, 3.05) is 19.6 Å². The minimum atomic E-state index is 0.533. The predicted molar refractivity (Wildman–Crippen MR) is 138 cm³/mol. The Labute approximate surface area is 200 Å². The molecular formula is C26H26BCl2N3. The molecule has 0 spiro atoms. The van der Waals surface area contributed by atoms with Gasteiger partial charge in [-0.3, -0.25) is 9.98 Å². The van der Waals surface area contributed by atoms with Gasteiger partial charge in [-0.15, -0.1) is 0 Å². The molecule has 1 aromatic heterocycles. The van der Waals surface area contributed by atoms with Crippen LogP contribution in [0, 0.1) is 11.8 Å². The van der Waals surface area contributed by atoms with E-state index in [-0.39, 0.29) is 0 Å². The van der Waals surface area contributed by atoms with Crippen LogP contribution in [0.5, 0.6) is 0 Å². The summed E-state index contributed by atoms with van der Waals surface area (Å²) in [6.07, 6.45) is 16.1. The van der Waals surface area contributed by atoms with E-state index < -0.39 is 0 Å². The van der Waals surface area contributed by atoms with E-state index in [0.29, 0.717) is 21.9 Å². The van der Waals surface area contributed by atoms with Crippen molar-refractivity contribution in [3.8, 4) is 0 Å². The number of rotatable bonds is 5. The van der Waals surface area contributed by atoms with Crippen molar-refractivity contribution in [3.63, 3.8) is 0 Å². The van der Waals surface area contributed by atoms with Gasteiger partial charge in [-0.25, -0.2) is 0 Å². The summed E-state index contributed by atoms with van der Waals surface area (Å²) in [5, 5.41) is 1.16. The van der Waals surface area contributed by atoms with Crippen molar-refractivity contribution < 1.29 is 0 Å². The number of piperidine rings is 1. The van der Waals surface area contributed by atoms with Gasteiger partial charge in [-0.05, 0) is 85.1 Å². The van der Waals surface area contributed by atoms with Gasteiger partial charge in [0, 0.05) is 24.5 Å². The van der Waals surface area contributed by atoms with E-state index in [4.69, 9.17) is 28.2 Å². The number of halogens is 2. The molecule has 2 aromatic rings. The van der Waals surface area contributed by atoms with Crippen LogP contribution in [0.3, 0.4) is 0 Å². The lowest BCUT2D eigenvalue weighted by atomic mass is 9.59. The molecule has 0 saturated carbocycles. The van der Waals surface area contributed by atoms with Gasteiger partial charge in [0.1, 0.15) is 0 Å². The van der Waals surface area contributed by atoms with Crippen molar-refractivity contribution in [3.05, 3.63) is 88.2 Å². The van der Waals surface area contributed by atoms with Gasteiger partial charge in [0.15, 0.2) is 0 Å².